The van der Waals surface area contributed by atoms with Gasteiger partial charge in [-0.15, -0.1) is 6.42 Å². The smallest absolute Gasteiger partial charge is 0.148 e. The van der Waals surface area contributed by atoms with Crippen LogP contribution in [0.2, 0.25) is 0 Å². The minimum Gasteiger partial charge on any atom is -0.481 e. The van der Waals surface area contributed by atoms with E-state index in [1.54, 1.807) is 0 Å². The first-order valence-corrected chi connectivity index (χ1v) is 5.54. The van der Waals surface area contributed by atoms with Crippen molar-refractivity contribution >= 4 is 15.9 Å². The van der Waals surface area contributed by atoms with Crippen molar-refractivity contribution in [1.29, 1.82) is 0 Å². The van der Waals surface area contributed by atoms with Crippen LogP contribution in [0.1, 0.15) is 11.7 Å². The van der Waals surface area contributed by atoms with Crippen molar-refractivity contribution < 1.29 is 9.57 Å². The molecule has 0 aliphatic carbocycles. The fourth-order valence-corrected chi connectivity index (χ4v) is 1.70. The van der Waals surface area contributed by atoms with Crippen LogP contribution in [-0.2, 0) is 4.84 Å². The minimum atomic E-state index is -0.0731. The first kappa shape index (κ1) is 11.1. The molecule has 1 aliphatic rings. The zero-order valence-corrected chi connectivity index (χ0v) is 10.0. The van der Waals surface area contributed by atoms with E-state index in [0.717, 1.165) is 15.9 Å². The zero-order chi connectivity index (χ0) is 11.4. The Morgan fingerprint density at radius 3 is 2.75 bits per heavy atom. The average molecular weight is 280 g/mol. The lowest BCUT2D eigenvalue weighted by Gasteiger charge is -2.08. The lowest BCUT2D eigenvalue weighted by atomic mass is 10.1. The Balaban J connectivity index is 2.05. The highest BCUT2D eigenvalue weighted by Gasteiger charge is 2.16. The first-order chi connectivity index (χ1) is 7.79. The van der Waals surface area contributed by atoms with Gasteiger partial charge in [0.25, 0.3) is 0 Å². The first-order valence-electron chi connectivity index (χ1n) is 4.75. The van der Waals surface area contributed by atoms with Crippen LogP contribution in [0, 0.1) is 12.3 Å². The highest BCUT2D eigenvalue weighted by molar-refractivity contribution is 9.11. The molecule has 1 aromatic carbocycles. The van der Waals surface area contributed by atoms with Gasteiger partial charge in [-0.3, -0.25) is 10.3 Å². The molecule has 1 aromatic rings. The summed E-state index contributed by atoms with van der Waals surface area (Å²) in [6.07, 6.45) is 6.97. The molecule has 0 fully saturated rings. The van der Waals surface area contributed by atoms with Crippen molar-refractivity contribution in [3.63, 3.8) is 0 Å². The van der Waals surface area contributed by atoms with Crippen LogP contribution < -0.4 is 10.2 Å². The van der Waals surface area contributed by atoms with Crippen LogP contribution in [0.4, 0.5) is 0 Å². The molecule has 2 rings (SSSR count). The van der Waals surface area contributed by atoms with E-state index in [1.807, 2.05) is 30.3 Å². The Kier molecular flexibility index (Phi) is 3.50. The standard InChI is InChI=1S/C12H10BrNO2/c1-2-7-15-10-5-3-9(4-6-10)11-8-12(13)14-16-11/h1,3-6,8,11,14H,7H2/t11-/m0/s1. The summed E-state index contributed by atoms with van der Waals surface area (Å²) < 4.78 is 6.11. The maximum absolute atomic E-state index is 5.31. The van der Waals surface area contributed by atoms with Gasteiger partial charge in [0.2, 0.25) is 0 Å². The maximum atomic E-state index is 5.31. The maximum Gasteiger partial charge on any atom is 0.148 e. The molecule has 1 aliphatic heterocycles. The van der Waals surface area contributed by atoms with Gasteiger partial charge >= 0.3 is 0 Å². The van der Waals surface area contributed by atoms with Gasteiger partial charge in [-0.05, 0) is 39.7 Å². The molecule has 0 bridgehead atoms. The van der Waals surface area contributed by atoms with Gasteiger partial charge in [0.1, 0.15) is 23.1 Å². The van der Waals surface area contributed by atoms with E-state index in [0.29, 0.717) is 0 Å². The SMILES string of the molecule is C#CCOc1ccc([C@@H]2C=C(Br)NO2)cc1. The third-order valence-electron chi connectivity index (χ3n) is 2.11. The average Bonchev–Trinajstić information content (AvgIpc) is 2.74. The molecule has 1 heterocycles. The molecule has 0 aromatic heterocycles. The van der Waals surface area contributed by atoms with Gasteiger partial charge in [0.15, 0.2) is 0 Å². The third kappa shape index (κ3) is 2.57. The molecule has 1 N–H and O–H groups in total. The lowest BCUT2D eigenvalue weighted by molar-refractivity contribution is 0.0458. The number of halogens is 1. The van der Waals surface area contributed by atoms with Crippen molar-refractivity contribution in [1.82, 2.24) is 5.48 Å². The van der Waals surface area contributed by atoms with Crippen LogP contribution in [-0.4, -0.2) is 6.61 Å². The molecule has 0 amide bonds. The second kappa shape index (κ2) is 5.06. The number of ether oxygens (including phenoxy) is 1. The van der Waals surface area contributed by atoms with E-state index in [4.69, 9.17) is 16.0 Å². The summed E-state index contributed by atoms with van der Waals surface area (Å²) >= 11 is 3.30. The summed E-state index contributed by atoms with van der Waals surface area (Å²) in [5.41, 5.74) is 3.79. The Labute approximate surface area is 103 Å². The van der Waals surface area contributed by atoms with E-state index in [-0.39, 0.29) is 12.7 Å². The molecule has 0 saturated carbocycles. The molecule has 4 heteroatoms. The fourth-order valence-electron chi connectivity index (χ4n) is 1.36. The Bertz CT molecular complexity index is 433. The van der Waals surface area contributed by atoms with Gasteiger partial charge in [-0.25, -0.2) is 0 Å². The van der Waals surface area contributed by atoms with Gasteiger partial charge in [0.05, 0.1) is 0 Å². The van der Waals surface area contributed by atoms with Crippen LogP contribution >= 0.6 is 15.9 Å². The van der Waals surface area contributed by atoms with Crippen molar-refractivity contribution in [2.24, 2.45) is 0 Å². The fraction of sp³-hybridized carbons (Fsp3) is 0.167. The number of hydrogen-bond acceptors (Lipinski definition) is 3. The summed E-state index contributed by atoms with van der Waals surface area (Å²) in [7, 11) is 0. The summed E-state index contributed by atoms with van der Waals surface area (Å²) in [4.78, 5) is 5.31. The molecule has 1 atom stereocenters. The number of benzene rings is 1. The van der Waals surface area contributed by atoms with Gasteiger partial charge in [-0.2, -0.15) is 0 Å². The molecule has 0 radical (unpaired) electrons. The van der Waals surface area contributed by atoms with E-state index in [9.17, 15) is 0 Å². The second-order valence-electron chi connectivity index (χ2n) is 3.22. The number of hydrogen-bond donors (Lipinski definition) is 1. The van der Waals surface area contributed by atoms with Crippen LogP contribution in [0.25, 0.3) is 0 Å². The summed E-state index contributed by atoms with van der Waals surface area (Å²) in [5.74, 6) is 3.18. The summed E-state index contributed by atoms with van der Waals surface area (Å²) in [6.45, 7) is 0.284. The quantitative estimate of drug-likeness (QED) is 0.681. The predicted octanol–water partition coefficient (Wildman–Crippen LogP) is 2.51. The predicted molar refractivity (Wildman–Crippen MR) is 64.7 cm³/mol. The molecule has 0 unspecified atom stereocenters. The highest BCUT2D eigenvalue weighted by Crippen LogP contribution is 2.27. The normalized spacial score (nSPS) is 18.5. The Hall–Kier alpha value is -1.44. The van der Waals surface area contributed by atoms with Crippen LogP contribution in [0.15, 0.2) is 34.9 Å². The number of hydroxylamine groups is 1. The molecule has 0 saturated heterocycles. The van der Waals surface area contributed by atoms with Gasteiger partial charge < -0.3 is 4.74 Å². The van der Waals surface area contributed by atoms with E-state index in [2.05, 4.69) is 27.3 Å². The van der Waals surface area contributed by atoms with Crippen molar-refractivity contribution in [3.8, 4) is 18.1 Å². The Morgan fingerprint density at radius 2 is 2.19 bits per heavy atom. The topological polar surface area (TPSA) is 30.5 Å². The van der Waals surface area contributed by atoms with E-state index < -0.39 is 0 Å². The summed E-state index contributed by atoms with van der Waals surface area (Å²) in [6, 6.07) is 7.63. The van der Waals surface area contributed by atoms with E-state index >= 15 is 0 Å². The Morgan fingerprint density at radius 1 is 1.44 bits per heavy atom. The second-order valence-corrected chi connectivity index (χ2v) is 4.07. The minimum absolute atomic E-state index is 0.0731. The molecule has 3 nitrogen and oxygen atoms in total. The molecular formula is C12H10BrNO2. The van der Waals surface area contributed by atoms with Crippen molar-refractivity contribution in [2.45, 2.75) is 6.10 Å². The van der Waals surface area contributed by atoms with Crippen molar-refractivity contribution in [3.05, 3.63) is 40.5 Å². The molecule has 16 heavy (non-hydrogen) atoms. The largest absolute Gasteiger partial charge is 0.481 e. The van der Waals surface area contributed by atoms with Crippen LogP contribution in [0.3, 0.4) is 0 Å². The zero-order valence-electron chi connectivity index (χ0n) is 8.44. The monoisotopic (exact) mass is 279 g/mol. The summed E-state index contributed by atoms with van der Waals surface area (Å²) in [5, 5.41) is 0. The van der Waals surface area contributed by atoms with E-state index in [1.165, 1.54) is 0 Å². The molecular weight excluding hydrogens is 270 g/mol. The number of nitrogens with one attached hydrogen (secondary N) is 1. The molecule has 0 spiro atoms. The third-order valence-corrected chi connectivity index (χ3v) is 2.54. The van der Waals surface area contributed by atoms with Crippen LogP contribution in [0.5, 0.6) is 5.75 Å². The van der Waals surface area contributed by atoms with Gasteiger partial charge in [-0.1, -0.05) is 18.1 Å². The number of rotatable bonds is 3. The van der Waals surface area contributed by atoms with Crippen molar-refractivity contribution in [2.75, 3.05) is 6.61 Å². The highest BCUT2D eigenvalue weighted by atomic mass is 79.9. The van der Waals surface area contributed by atoms with Gasteiger partial charge in [0, 0.05) is 0 Å². The lowest BCUT2D eigenvalue weighted by Crippen LogP contribution is -2.05. The number of terminal acetylenes is 1. The molecule has 82 valence electrons.